The van der Waals surface area contributed by atoms with Gasteiger partial charge in [0.15, 0.2) is 11.5 Å². The summed E-state index contributed by atoms with van der Waals surface area (Å²) in [6.45, 7) is 12.1. The number of imide groups is 1. The molecule has 170 valence electrons. The van der Waals surface area contributed by atoms with Gasteiger partial charge in [0.05, 0.1) is 11.4 Å². The monoisotopic (exact) mass is 455 g/mol. The molecule has 7 heteroatoms. The molecule has 0 radical (unpaired) electrons. The number of aromatic hydroxyl groups is 3. The van der Waals surface area contributed by atoms with Crippen molar-refractivity contribution in [1.82, 2.24) is 4.90 Å². The molecule has 2 aromatic rings. The van der Waals surface area contributed by atoms with Gasteiger partial charge < -0.3 is 15.3 Å². The van der Waals surface area contributed by atoms with Crippen molar-refractivity contribution in [3.63, 3.8) is 0 Å². The maximum Gasteiger partial charge on any atom is 0.293 e. The Bertz CT molecular complexity index is 1090. The lowest BCUT2D eigenvalue weighted by molar-refractivity contribution is -0.123. The van der Waals surface area contributed by atoms with E-state index in [1.807, 2.05) is 53.7 Å². The summed E-state index contributed by atoms with van der Waals surface area (Å²) in [6.07, 6.45) is 1.40. The van der Waals surface area contributed by atoms with Crippen molar-refractivity contribution in [3.8, 4) is 17.2 Å². The first-order valence-electron chi connectivity index (χ1n) is 10.3. The zero-order valence-electron chi connectivity index (χ0n) is 19.2. The Labute approximate surface area is 192 Å². The normalized spacial score (nSPS) is 16.3. The number of carbonyl (C=O) groups excluding carboxylic acids is 2. The first kappa shape index (κ1) is 23.7. The Morgan fingerprint density at radius 1 is 0.906 bits per heavy atom. The predicted molar refractivity (Wildman–Crippen MR) is 127 cm³/mol. The quantitative estimate of drug-likeness (QED) is 0.410. The molecule has 3 rings (SSSR count). The predicted octanol–water partition coefficient (Wildman–Crippen LogP) is 5.63. The number of amides is 2. The first-order valence-corrected chi connectivity index (χ1v) is 11.1. The number of carbonyl (C=O) groups is 2. The number of benzene rings is 2. The van der Waals surface area contributed by atoms with Gasteiger partial charge in [-0.2, -0.15) is 0 Å². The van der Waals surface area contributed by atoms with E-state index in [0.717, 1.165) is 33.4 Å². The minimum absolute atomic E-state index is 0.0699. The SMILES string of the molecule is CC(C)(C)c1cc(CN2C(=O)SC(=Cc3cccc(O)c3O)C2=O)cc(C(C)(C)C)c1O. The minimum Gasteiger partial charge on any atom is -0.507 e. The summed E-state index contributed by atoms with van der Waals surface area (Å²) in [6, 6.07) is 8.12. The van der Waals surface area contributed by atoms with E-state index in [9.17, 15) is 24.9 Å². The highest BCUT2D eigenvalue weighted by Crippen LogP contribution is 2.41. The first-order chi connectivity index (χ1) is 14.7. The van der Waals surface area contributed by atoms with Gasteiger partial charge in [-0.1, -0.05) is 53.7 Å². The third kappa shape index (κ3) is 4.63. The van der Waals surface area contributed by atoms with E-state index in [-0.39, 0.29) is 45.1 Å². The molecule has 1 aliphatic heterocycles. The lowest BCUT2D eigenvalue weighted by atomic mass is 9.78. The maximum atomic E-state index is 13.0. The van der Waals surface area contributed by atoms with Crippen LogP contribution in [-0.4, -0.2) is 31.4 Å². The third-order valence-electron chi connectivity index (χ3n) is 5.33. The van der Waals surface area contributed by atoms with Crippen molar-refractivity contribution < 1.29 is 24.9 Å². The van der Waals surface area contributed by atoms with E-state index >= 15 is 0 Å². The van der Waals surface area contributed by atoms with Crippen LogP contribution in [0.5, 0.6) is 17.2 Å². The van der Waals surface area contributed by atoms with Crippen molar-refractivity contribution in [3.05, 3.63) is 57.5 Å². The summed E-state index contributed by atoms with van der Waals surface area (Å²) in [4.78, 5) is 26.9. The van der Waals surface area contributed by atoms with E-state index in [0.29, 0.717) is 0 Å². The molecule has 0 bridgehead atoms. The van der Waals surface area contributed by atoms with E-state index < -0.39 is 11.1 Å². The highest BCUT2D eigenvalue weighted by molar-refractivity contribution is 8.18. The van der Waals surface area contributed by atoms with Crippen LogP contribution in [0.4, 0.5) is 4.79 Å². The molecule has 0 atom stereocenters. The molecule has 0 aliphatic carbocycles. The van der Waals surface area contributed by atoms with E-state index in [1.54, 1.807) is 12.1 Å². The second kappa shape index (κ2) is 8.20. The summed E-state index contributed by atoms with van der Waals surface area (Å²) in [7, 11) is 0. The van der Waals surface area contributed by atoms with Crippen molar-refractivity contribution in [2.75, 3.05) is 0 Å². The van der Waals surface area contributed by atoms with Crippen molar-refractivity contribution in [2.24, 2.45) is 0 Å². The molecule has 2 aromatic carbocycles. The molecule has 0 aromatic heterocycles. The molecular weight excluding hydrogens is 426 g/mol. The standard InChI is InChI=1S/C25H29NO5S/c1-24(2,3)16-10-14(11-17(21(16)29)25(4,5)6)13-26-22(30)19(32-23(26)31)12-15-8-7-9-18(27)20(15)28/h7-12,27-29H,13H2,1-6H3. The van der Waals surface area contributed by atoms with Gasteiger partial charge in [0.25, 0.3) is 11.1 Å². The number of nitrogens with zero attached hydrogens (tertiary/aromatic N) is 1. The van der Waals surface area contributed by atoms with Crippen LogP contribution in [0.2, 0.25) is 0 Å². The number of hydrogen-bond donors (Lipinski definition) is 3. The van der Waals surface area contributed by atoms with Gasteiger partial charge in [0.2, 0.25) is 0 Å². The van der Waals surface area contributed by atoms with Gasteiger partial charge in [-0.05, 0) is 63.6 Å². The highest BCUT2D eigenvalue weighted by atomic mass is 32.2. The van der Waals surface area contributed by atoms with Gasteiger partial charge in [-0.3, -0.25) is 14.5 Å². The second-order valence-electron chi connectivity index (χ2n) is 10.0. The lowest BCUT2D eigenvalue weighted by Gasteiger charge is -2.28. The van der Waals surface area contributed by atoms with Gasteiger partial charge >= 0.3 is 0 Å². The van der Waals surface area contributed by atoms with E-state index in [4.69, 9.17) is 0 Å². The summed E-state index contributed by atoms with van der Waals surface area (Å²) >= 11 is 0.789. The lowest BCUT2D eigenvalue weighted by Crippen LogP contribution is -2.28. The van der Waals surface area contributed by atoms with Gasteiger partial charge in [0.1, 0.15) is 5.75 Å². The fourth-order valence-electron chi connectivity index (χ4n) is 3.55. The van der Waals surface area contributed by atoms with Crippen LogP contribution in [0, 0.1) is 0 Å². The van der Waals surface area contributed by atoms with Crippen LogP contribution in [-0.2, 0) is 22.2 Å². The van der Waals surface area contributed by atoms with Crippen molar-refractivity contribution in [2.45, 2.75) is 58.9 Å². The average Bonchev–Trinajstić information content (AvgIpc) is 2.92. The molecular formula is C25H29NO5S. The van der Waals surface area contributed by atoms with E-state index in [1.165, 1.54) is 12.1 Å². The van der Waals surface area contributed by atoms with Crippen molar-refractivity contribution >= 4 is 29.0 Å². The van der Waals surface area contributed by atoms with Gasteiger partial charge in [-0.15, -0.1) is 0 Å². The molecule has 1 fully saturated rings. The second-order valence-corrected chi connectivity index (χ2v) is 11.0. The molecule has 1 aliphatic rings. The topological polar surface area (TPSA) is 98.1 Å². The van der Waals surface area contributed by atoms with Crippen LogP contribution < -0.4 is 0 Å². The molecule has 2 amide bonds. The average molecular weight is 456 g/mol. The number of phenolic OH excluding ortho intramolecular Hbond substituents is 3. The van der Waals surface area contributed by atoms with Crippen LogP contribution in [0.1, 0.15) is 63.8 Å². The Kier molecular flexibility index (Phi) is 6.08. The number of rotatable bonds is 3. The van der Waals surface area contributed by atoms with Crippen molar-refractivity contribution in [1.29, 1.82) is 0 Å². The van der Waals surface area contributed by atoms with Gasteiger partial charge in [-0.25, -0.2) is 0 Å². The molecule has 32 heavy (non-hydrogen) atoms. The number of phenols is 3. The van der Waals surface area contributed by atoms with Gasteiger partial charge in [0, 0.05) is 5.56 Å². The summed E-state index contributed by atoms with van der Waals surface area (Å²) in [5, 5.41) is 30.2. The zero-order valence-corrected chi connectivity index (χ0v) is 20.0. The Hall–Kier alpha value is -2.93. The number of thioether (sulfide) groups is 1. The largest absolute Gasteiger partial charge is 0.507 e. The zero-order chi connectivity index (χ0) is 24.0. The maximum absolute atomic E-state index is 13.0. The molecule has 1 saturated heterocycles. The molecule has 0 unspecified atom stereocenters. The molecule has 0 spiro atoms. The van der Waals surface area contributed by atoms with Crippen LogP contribution in [0.15, 0.2) is 35.2 Å². The Morgan fingerprint density at radius 2 is 1.47 bits per heavy atom. The summed E-state index contributed by atoms with van der Waals surface area (Å²) < 4.78 is 0. The minimum atomic E-state index is -0.467. The molecule has 3 N–H and O–H groups in total. The summed E-state index contributed by atoms with van der Waals surface area (Å²) in [5.74, 6) is -0.874. The van der Waals surface area contributed by atoms with E-state index in [2.05, 4.69) is 0 Å². The number of para-hydroxylation sites is 1. The summed E-state index contributed by atoms with van der Waals surface area (Å²) in [5.41, 5.74) is 1.86. The van der Waals surface area contributed by atoms with Crippen LogP contribution in [0.25, 0.3) is 6.08 Å². The Balaban J connectivity index is 1.98. The highest BCUT2D eigenvalue weighted by Gasteiger charge is 2.36. The van der Waals surface area contributed by atoms with Crippen LogP contribution in [0.3, 0.4) is 0 Å². The molecule has 0 saturated carbocycles. The smallest absolute Gasteiger partial charge is 0.293 e. The third-order valence-corrected chi connectivity index (χ3v) is 6.24. The molecule has 1 heterocycles. The molecule has 6 nitrogen and oxygen atoms in total. The Morgan fingerprint density at radius 3 is 2.00 bits per heavy atom. The fourth-order valence-corrected chi connectivity index (χ4v) is 4.38. The number of hydrogen-bond acceptors (Lipinski definition) is 6. The van der Waals surface area contributed by atoms with Crippen LogP contribution >= 0.6 is 11.8 Å². The fraction of sp³-hybridized carbons (Fsp3) is 0.360.